The zero-order valence-electron chi connectivity index (χ0n) is 18.1. The Morgan fingerprint density at radius 1 is 0.848 bits per heavy atom. The zero-order chi connectivity index (χ0) is 23.3. The molecule has 2 heterocycles. The number of benzene rings is 3. The first-order valence-electron chi connectivity index (χ1n) is 10.7. The number of carbonyl (C=O) groups is 3. The van der Waals surface area contributed by atoms with Gasteiger partial charge in [-0.25, -0.2) is 0 Å². The van der Waals surface area contributed by atoms with E-state index in [1.54, 1.807) is 29.2 Å². The topological polar surface area (TPSA) is 66.9 Å². The van der Waals surface area contributed by atoms with Crippen molar-refractivity contribution in [2.45, 2.75) is 25.9 Å². The first-order valence-corrected chi connectivity index (χ1v) is 11.5. The summed E-state index contributed by atoms with van der Waals surface area (Å²) in [7, 11) is 0. The van der Waals surface area contributed by atoms with E-state index in [2.05, 4.69) is 15.9 Å². The monoisotopic (exact) mass is 504 g/mol. The summed E-state index contributed by atoms with van der Waals surface area (Å²) in [6, 6.07) is 18.4. The Labute approximate surface area is 199 Å². The molecule has 166 valence electrons. The van der Waals surface area contributed by atoms with Gasteiger partial charge < -0.3 is 9.64 Å². The highest BCUT2D eigenvalue weighted by Gasteiger charge is 2.57. The van der Waals surface area contributed by atoms with Crippen LogP contribution in [-0.4, -0.2) is 35.3 Å². The molecule has 2 atom stereocenters. The van der Waals surface area contributed by atoms with Crippen LogP contribution in [0.5, 0.6) is 5.75 Å². The van der Waals surface area contributed by atoms with Crippen molar-refractivity contribution in [2.24, 2.45) is 0 Å². The number of hydrogen-bond acceptors (Lipinski definition) is 4. The van der Waals surface area contributed by atoms with Crippen molar-refractivity contribution in [3.8, 4) is 5.75 Å². The van der Waals surface area contributed by atoms with Crippen LogP contribution in [0.1, 0.15) is 44.8 Å². The summed E-state index contributed by atoms with van der Waals surface area (Å²) < 4.78 is 6.49. The minimum Gasteiger partial charge on any atom is -0.494 e. The first-order chi connectivity index (χ1) is 15.9. The Kier molecular flexibility index (Phi) is 5.29. The number of nitrogens with zero attached hydrogens (tertiary/aromatic N) is 2. The average molecular weight is 505 g/mol. The summed E-state index contributed by atoms with van der Waals surface area (Å²) in [5, 5.41) is 0. The van der Waals surface area contributed by atoms with E-state index in [1.807, 2.05) is 56.3 Å². The molecule has 0 aromatic heterocycles. The van der Waals surface area contributed by atoms with Crippen LogP contribution in [0.15, 0.2) is 71.2 Å². The second kappa shape index (κ2) is 8.15. The maximum atomic E-state index is 13.5. The van der Waals surface area contributed by atoms with E-state index in [0.717, 1.165) is 26.2 Å². The summed E-state index contributed by atoms with van der Waals surface area (Å²) >= 11 is 3.50. The number of rotatable bonds is 5. The zero-order valence-corrected chi connectivity index (χ0v) is 19.7. The lowest BCUT2D eigenvalue weighted by atomic mass is 9.86. The van der Waals surface area contributed by atoms with E-state index >= 15 is 0 Å². The van der Waals surface area contributed by atoms with Crippen molar-refractivity contribution in [1.29, 1.82) is 0 Å². The molecule has 0 radical (unpaired) electrons. The predicted molar refractivity (Wildman–Crippen MR) is 127 cm³/mol. The van der Waals surface area contributed by atoms with Crippen LogP contribution in [0.2, 0.25) is 0 Å². The molecule has 0 spiro atoms. The standard InChI is InChI=1S/C26H21BrN2O4/c1-3-33-18-11-8-16(9-12-18)22-23(26(32)28(22)17-10-13-21(27)15(2)14-17)29-24(30)19-6-4-5-7-20(19)25(29)31/h4-14,22-23H,3H2,1-2H3/t22-,23-/m1/s1. The van der Waals surface area contributed by atoms with Crippen molar-refractivity contribution < 1.29 is 19.1 Å². The van der Waals surface area contributed by atoms with E-state index < -0.39 is 23.9 Å². The Balaban J connectivity index is 1.57. The number of hydrogen-bond donors (Lipinski definition) is 0. The second-order valence-corrected chi connectivity index (χ2v) is 8.91. The minimum absolute atomic E-state index is 0.287. The molecule has 0 bridgehead atoms. The number of carbonyl (C=O) groups excluding carboxylic acids is 3. The van der Waals surface area contributed by atoms with Crippen LogP contribution in [0.4, 0.5) is 5.69 Å². The van der Waals surface area contributed by atoms with Gasteiger partial charge >= 0.3 is 0 Å². The first kappa shape index (κ1) is 21.4. The molecule has 0 N–H and O–H groups in total. The highest BCUT2D eigenvalue weighted by Crippen LogP contribution is 2.45. The quantitative estimate of drug-likeness (QED) is 0.365. The molecule has 0 saturated carbocycles. The van der Waals surface area contributed by atoms with Crippen LogP contribution >= 0.6 is 15.9 Å². The van der Waals surface area contributed by atoms with Crippen LogP contribution in [0, 0.1) is 6.92 Å². The van der Waals surface area contributed by atoms with E-state index in [0.29, 0.717) is 23.4 Å². The third-order valence-electron chi connectivity index (χ3n) is 6.12. The Morgan fingerprint density at radius 2 is 1.48 bits per heavy atom. The van der Waals surface area contributed by atoms with Gasteiger partial charge in [-0.15, -0.1) is 0 Å². The van der Waals surface area contributed by atoms with Gasteiger partial charge in [-0.3, -0.25) is 19.3 Å². The lowest BCUT2D eigenvalue weighted by molar-refractivity contribution is -0.130. The third-order valence-corrected chi connectivity index (χ3v) is 7.01. The van der Waals surface area contributed by atoms with Gasteiger partial charge in [0.25, 0.3) is 17.7 Å². The van der Waals surface area contributed by atoms with E-state index in [4.69, 9.17) is 4.74 Å². The van der Waals surface area contributed by atoms with Crippen molar-refractivity contribution in [2.75, 3.05) is 11.5 Å². The molecule has 2 aliphatic rings. The number of amides is 3. The fraction of sp³-hybridized carbons (Fsp3) is 0.192. The maximum absolute atomic E-state index is 13.5. The smallest absolute Gasteiger partial charge is 0.262 e. The van der Waals surface area contributed by atoms with Crippen molar-refractivity contribution in [3.63, 3.8) is 0 Å². The molecule has 1 fully saturated rings. The average Bonchev–Trinajstić information content (AvgIpc) is 3.06. The molecular formula is C26H21BrN2O4. The molecule has 3 amide bonds. The van der Waals surface area contributed by atoms with Gasteiger partial charge in [-0.2, -0.15) is 0 Å². The Bertz CT molecular complexity index is 1250. The number of imide groups is 1. The van der Waals surface area contributed by atoms with E-state index in [9.17, 15) is 14.4 Å². The van der Waals surface area contributed by atoms with Gasteiger partial charge in [0.05, 0.1) is 23.8 Å². The van der Waals surface area contributed by atoms with Gasteiger partial charge in [-0.1, -0.05) is 40.2 Å². The minimum atomic E-state index is -0.917. The van der Waals surface area contributed by atoms with Crippen molar-refractivity contribution in [1.82, 2.24) is 4.90 Å². The molecule has 6 nitrogen and oxygen atoms in total. The van der Waals surface area contributed by atoms with Crippen LogP contribution in [0.25, 0.3) is 0 Å². The number of anilines is 1. The lowest BCUT2D eigenvalue weighted by Gasteiger charge is -2.50. The second-order valence-electron chi connectivity index (χ2n) is 8.06. The molecule has 2 aliphatic heterocycles. The molecule has 0 unspecified atom stereocenters. The van der Waals surface area contributed by atoms with Crippen molar-refractivity contribution >= 4 is 39.3 Å². The highest BCUT2D eigenvalue weighted by molar-refractivity contribution is 9.10. The summed E-state index contributed by atoms with van der Waals surface area (Å²) in [6.07, 6.45) is 0. The van der Waals surface area contributed by atoms with Crippen LogP contribution in [-0.2, 0) is 4.79 Å². The summed E-state index contributed by atoms with van der Waals surface area (Å²) in [5.41, 5.74) is 3.18. The lowest BCUT2D eigenvalue weighted by Crippen LogP contribution is -2.67. The molecule has 7 heteroatoms. The maximum Gasteiger partial charge on any atom is 0.262 e. The molecule has 3 aromatic carbocycles. The number of aryl methyl sites for hydroxylation is 1. The number of ether oxygens (including phenoxy) is 1. The highest BCUT2D eigenvalue weighted by atomic mass is 79.9. The molecule has 33 heavy (non-hydrogen) atoms. The van der Waals surface area contributed by atoms with Crippen LogP contribution < -0.4 is 9.64 Å². The fourth-order valence-electron chi connectivity index (χ4n) is 4.51. The van der Waals surface area contributed by atoms with Gasteiger partial charge in [0.2, 0.25) is 0 Å². The molecule has 5 rings (SSSR count). The van der Waals surface area contributed by atoms with Gasteiger partial charge in [-0.05, 0) is 67.4 Å². The Hall–Kier alpha value is -3.45. The normalized spacial score (nSPS) is 19.5. The van der Waals surface area contributed by atoms with Crippen molar-refractivity contribution in [3.05, 3.63) is 93.5 Å². The van der Waals surface area contributed by atoms with Gasteiger partial charge in [0.1, 0.15) is 11.8 Å². The largest absolute Gasteiger partial charge is 0.494 e. The fourth-order valence-corrected chi connectivity index (χ4v) is 4.76. The molecule has 0 aliphatic carbocycles. The van der Waals surface area contributed by atoms with Gasteiger partial charge in [0.15, 0.2) is 0 Å². The molecule has 3 aromatic rings. The summed E-state index contributed by atoms with van der Waals surface area (Å²) in [6.45, 7) is 4.41. The number of halogens is 1. The molecular weight excluding hydrogens is 484 g/mol. The van der Waals surface area contributed by atoms with E-state index in [-0.39, 0.29) is 5.91 Å². The van der Waals surface area contributed by atoms with Gasteiger partial charge in [0, 0.05) is 10.2 Å². The Morgan fingerprint density at radius 3 is 2.06 bits per heavy atom. The predicted octanol–water partition coefficient (Wildman–Crippen LogP) is 4.91. The number of fused-ring (bicyclic) bond motifs is 1. The third kappa shape index (κ3) is 3.35. The summed E-state index contributed by atoms with van der Waals surface area (Å²) in [4.78, 5) is 42.6. The SMILES string of the molecule is CCOc1ccc([C@@H]2[C@@H](N3C(=O)c4ccccc4C3=O)C(=O)N2c2ccc(Br)c(C)c2)cc1. The molecule has 1 saturated heterocycles. The number of β-lactam (4-membered cyclic amide) rings is 1. The van der Waals surface area contributed by atoms with E-state index in [1.165, 1.54) is 0 Å². The van der Waals surface area contributed by atoms with Crippen LogP contribution in [0.3, 0.4) is 0 Å². The summed E-state index contributed by atoms with van der Waals surface area (Å²) in [5.74, 6) is -0.437.